The van der Waals surface area contributed by atoms with Crippen molar-refractivity contribution in [2.75, 3.05) is 12.4 Å². The van der Waals surface area contributed by atoms with Crippen molar-refractivity contribution >= 4 is 29.4 Å². The molecule has 10 nitrogen and oxygen atoms in total. The number of amides is 2. The highest BCUT2D eigenvalue weighted by Gasteiger charge is 2.30. The van der Waals surface area contributed by atoms with Gasteiger partial charge in [-0.25, -0.2) is 4.79 Å². The van der Waals surface area contributed by atoms with Gasteiger partial charge in [0.25, 0.3) is 0 Å². The number of carboxylic acids is 2. The van der Waals surface area contributed by atoms with Crippen LogP contribution in [0.25, 0.3) is 0 Å². The first kappa shape index (κ1) is 27.9. The van der Waals surface area contributed by atoms with Gasteiger partial charge in [-0.1, -0.05) is 45.4 Å². The lowest BCUT2D eigenvalue weighted by Gasteiger charge is -2.25. The summed E-state index contributed by atoms with van der Waals surface area (Å²) in [6.07, 6.45) is 0.185. The van der Waals surface area contributed by atoms with Crippen LogP contribution in [0.1, 0.15) is 57.9 Å². The number of aliphatic carboxylic acids is 2. The first-order valence-electron chi connectivity index (χ1n) is 11.1. The Bertz CT molecular complexity index is 831. The summed E-state index contributed by atoms with van der Waals surface area (Å²) in [4.78, 5) is 48.2. The first-order chi connectivity index (χ1) is 15.5. The summed E-state index contributed by atoms with van der Waals surface area (Å²) in [6, 6.07) is 4.14. The predicted molar refractivity (Wildman–Crippen MR) is 125 cm³/mol. The number of rotatable bonds is 14. The molecule has 10 heteroatoms. The maximum absolute atomic E-state index is 12.9. The molecule has 0 aliphatic rings. The molecule has 0 radical (unpaired) electrons. The van der Waals surface area contributed by atoms with Gasteiger partial charge in [0.15, 0.2) is 0 Å². The van der Waals surface area contributed by atoms with Crippen LogP contribution in [-0.4, -0.2) is 59.1 Å². The number of carbonyl (C=O) groups excluding carboxylic acids is 2. The van der Waals surface area contributed by atoms with E-state index in [-0.39, 0.29) is 31.1 Å². The van der Waals surface area contributed by atoms with Crippen molar-refractivity contribution in [1.82, 2.24) is 10.6 Å². The maximum Gasteiger partial charge on any atom is 0.326 e. The van der Waals surface area contributed by atoms with E-state index in [1.807, 2.05) is 38.1 Å². The topological polar surface area (TPSA) is 171 Å². The van der Waals surface area contributed by atoms with Crippen LogP contribution >= 0.6 is 0 Å². The van der Waals surface area contributed by atoms with Crippen molar-refractivity contribution in [1.29, 1.82) is 0 Å². The summed E-state index contributed by atoms with van der Waals surface area (Å²) in [7, 11) is 1.77. The molecule has 5 atom stereocenters. The molecule has 5 unspecified atom stereocenters. The van der Waals surface area contributed by atoms with Gasteiger partial charge in [0.1, 0.15) is 12.1 Å². The highest BCUT2D eigenvalue weighted by Crippen LogP contribution is 2.27. The number of hydrogen-bond donors (Lipinski definition) is 6. The molecule has 2 amide bonds. The Balaban J connectivity index is 2.98. The molecular weight excluding hydrogens is 428 g/mol. The molecule has 0 aromatic heterocycles. The molecule has 1 aromatic carbocycles. The van der Waals surface area contributed by atoms with Crippen LogP contribution in [0.3, 0.4) is 0 Å². The van der Waals surface area contributed by atoms with Crippen LogP contribution in [0.4, 0.5) is 5.69 Å². The van der Waals surface area contributed by atoms with Gasteiger partial charge in [0.05, 0.1) is 6.04 Å². The van der Waals surface area contributed by atoms with Crippen molar-refractivity contribution in [3.8, 4) is 0 Å². The van der Waals surface area contributed by atoms with E-state index in [1.54, 1.807) is 14.0 Å². The van der Waals surface area contributed by atoms with Gasteiger partial charge in [-0.2, -0.15) is 0 Å². The van der Waals surface area contributed by atoms with Crippen LogP contribution in [0.2, 0.25) is 0 Å². The second kappa shape index (κ2) is 13.4. The molecule has 7 N–H and O–H groups in total. The molecule has 33 heavy (non-hydrogen) atoms. The minimum absolute atomic E-state index is 0.103. The monoisotopic (exact) mass is 464 g/mol. The SMILES string of the molecule is CCC(C)C(N)C(=O)NC(CCC(=O)O)C(=O)NC(CC(C)c1ccccc1NC)C(=O)O. The zero-order valence-corrected chi connectivity index (χ0v) is 19.6. The standard InChI is InChI=1S/C23H36N4O6/c1-5-13(2)20(24)22(31)26-17(10-11-19(28)29)21(30)27-18(23(32)33)12-14(3)15-8-6-7-9-16(15)25-4/h6-9,13-14,17-18,20,25H,5,10-12,24H2,1-4H3,(H,26,31)(H,27,30)(H,28,29)(H,32,33). The van der Waals surface area contributed by atoms with E-state index in [0.29, 0.717) is 6.42 Å². The zero-order chi connectivity index (χ0) is 25.1. The van der Waals surface area contributed by atoms with Crippen molar-refractivity contribution in [3.63, 3.8) is 0 Å². The van der Waals surface area contributed by atoms with Crippen LogP contribution < -0.4 is 21.7 Å². The van der Waals surface area contributed by atoms with Gasteiger partial charge in [0.2, 0.25) is 11.8 Å². The second-order valence-electron chi connectivity index (χ2n) is 8.28. The van der Waals surface area contributed by atoms with Gasteiger partial charge in [-0.3, -0.25) is 14.4 Å². The summed E-state index contributed by atoms with van der Waals surface area (Å²) < 4.78 is 0. The second-order valence-corrected chi connectivity index (χ2v) is 8.28. The normalized spacial score (nSPS) is 15.4. The Hall–Kier alpha value is -3.14. The van der Waals surface area contributed by atoms with Gasteiger partial charge in [-0.15, -0.1) is 0 Å². The van der Waals surface area contributed by atoms with E-state index in [0.717, 1.165) is 11.3 Å². The smallest absolute Gasteiger partial charge is 0.326 e. The molecule has 0 aliphatic heterocycles. The minimum atomic E-state index is -1.23. The van der Waals surface area contributed by atoms with Crippen LogP contribution in [-0.2, 0) is 19.2 Å². The average Bonchev–Trinajstić information content (AvgIpc) is 2.79. The van der Waals surface area contributed by atoms with Crippen LogP contribution in [0, 0.1) is 5.92 Å². The van der Waals surface area contributed by atoms with E-state index >= 15 is 0 Å². The molecular formula is C23H36N4O6. The summed E-state index contributed by atoms with van der Waals surface area (Å²) >= 11 is 0. The van der Waals surface area contributed by atoms with E-state index in [1.165, 1.54) is 0 Å². The Labute approximate surface area is 194 Å². The predicted octanol–water partition coefficient (Wildman–Crippen LogP) is 1.51. The lowest BCUT2D eigenvalue weighted by Crippen LogP contribution is -2.55. The molecule has 1 aromatic rings. The van der Waals surface area contributed by atoms with Gasteiger partial charge in [0, 0.05) is 19.2 Å². The third-order valence-corrected chi connectivity index (χ3v) is 5.80. The van der Waals surface area contributed by atoms with Crippen LogP contribution in [0.5, 0.6) is 0 Å². The minimum Gasteiger partial charge on any atom is -0.481 e. The number of anilines is 1. The number of benzene rings is 1. The van der Waals surface area contributed by atoms with E-state index in [4.69, 9.17) is 10.8 Å². The molecule has 0 heterocycles. The third-order valence-electron chi connectivity index (χ3n) is 5.80. The maximum atomic E-state index is 12.9. The quantitative estimate of drug-likeness (QED) is 0.240. The Morgan fingerprint density at radius 2 is 1.61 bits per heavy atom. The molecule has 1 rings (SSSR count). The van der Waals surface area contributed by atoms with Gasteiger partial charge in [-0.05, 0) is 36.3 Å². The summed E-state index contributed by atoms with van der Waals surface area (Å²) in [6.45, 7) is 5.52. The number of para-hydroxylation sites is 1. The summed E-state index contributed by atoms with van der Waals surface area (Å²) in [5.74, 6) is -4.06. The third kappa shape index (κ3) is 8.72. The largest absolute Gasteiger partial charge is 0.481 e. The Morgan fingerprint density at radius 3 is 2.15 bits per heavy atom. The Kier molecular flexibility index (Phi) is 11.3. The highest BCUT2D eigenvalue weighted by atomic mass is 16.4. The van der Waals surface area contributed by atoms with Crippen molar-refractivity contribution < 1.29 is 29.4 Å². The van der Waals surface area contributed by atoms with E-state index < -0.39 is 41.9 Å². The molecule has 0 bridgehead atoms. The number of carbonyl (C=O) groups is 4. The number of carboxylic acid groups (broad SMARTS) is 2. The lowest BCUT2D eigenvalue weighted by molar-refractivity contribution is -0.143. The molecule has 0 aliphatic carbocycles. The zero-order valence-electron chi connectivity index (χ0n) is 19.6. The van der Waals surface area contributed by atoms with E-state index in [2.05, 4.69) is 16.0 Å². The van der Waals surface area contributed by atoms with E-state index in [9.17, 15) is 24.3 Å². The Morgan fingerprint density at radius 1 is 1.00 bits per heavy atom. The molecule has 0 saturated carbocycles. The fourth-order valence-electron chi connectivity index (χ4n) is 3.45. The van der Waals surface area contributed by atoms with Crippen molar-refractivity contribution in [3.05, 3.63) is 29.8 Å². The molecule has 0 spiro atoms. The fraction of sp³-hybridized carbons (Fsp3) is 0.565. The van der Waals surface area contributed by atoms with Crippen molar-refractivity contribution in [2.24, 2.45) is 11.7 Å². The number of hydrogen-bond acceptors (Lipinski definition) is 6. The average molecular weight is 465 g/mol. The van der Waals surface area contributed by atoms with Crippen LogP contribution in [0.15, 0.2) is 24.3 Å². The fourth-order valence-corrected chi connectivity index (χ4v) is 3.45. The number of nitrogens with one attached hydrogen (secondary N) is 3. The molecule has 0 fully saturated rings. The molecule has 0 saturated heterocycles. The van der Waals surface area contributed by atoms with Crippen molar-refractivity contribution in [2.45, 2.75) is 70.5 Å². The lowest BCUT2D eigenvalue weighted by atomic mass is 9.92. The van der Waals surface area contributed by atoms with Gasteiger partial charge < -0.3 is 31.9 Å². The summed E-state index contributed by atoms with van der Waals surface area (Å²) in [5, 5.41) is 26.7. The first-order valence-corrected chi connectivity index (χ1v) is 11.1. The summed E-state index contributed by atoms with van der Waals surface area (Å²) in [5.41, 5.74) is 7.67. The van der Waals surface area contributed by atoms with Gasteiger partial charge >= 0.3 is 11.9 Å². The molecule has 184 valence electrons. The number of nitrogens with two attached hydrogens (primary N) is 1. The highest BCUT2D eigenvalue weighted by molar-refractivity contribution is 5.92.